The molecule has 0 spiro atoms. The number of hydrogen-bond acceptors (Lipinski definition) is 3. The molecule has 0 fully saturated rings. The van der Waals surface area contributed by atoms with Crippen molar-refractivity contribution in [2.45, 2.75) is 12.7 Å². The summed E-state index contributed by atoms with van der Waals surface area (Å²) in [6.45, 7) is 0. The topological polar surface area (TPSA) is 72.2 Å². The SMILES string of the molecule is NS(=O)(=O)C1=CCC[B]N1. The fraction of sp³-hybridized carbons (Fsp3) is 0.500. The monoisotopic (exact) mass is 159 g/mol. The Morgan fingerprint density at radius 3 is 2.70 bits per heavy atom. The lowest BCUT2D eigenvalue weighted by atomic mass is 9.85. The van der Waals surface area contributed by atoms with Crippen molar-refractivity contribution >= 4 is 17.4 Å². The van der Waals surface area contributed by atoms with Gasteiger partial charge in [-0.2, -0.15) is 0 Å². The van der Waals surface area contributed by atoms with Crippen molar-refractivity contribution in [2.24, 2.45) is 5.14 Å². The Balaban J connectivity index is 2.82. The van der Waals surface area contributed by atoms with E-state index in [1.807, 2.05) is 0 Å². The van der Waals surface area contributed by atoms with Crippen LogP contribution in [0.2, 0.25) is 6.32 Å². The number of nitrogens with two attached hydrogens (primary N) is 1. The van der Waals surface area contributed by atoms with Gasteiger partial charge in [0.05, 0.1) is 0 Å². The molecule has 0 atom stereocenters. The largest absolute Gasteiger partial charge is 0.422 e. The van der Waals surface area contributed by atoms with Crippen molar-refractivity contribution in [1.29, 1.82) is 0 Å². The van der Waals surface area contributed by atoms with Crippen molar-refractivity contribution in [3.8, 4) is 0 Å². The summed E-state index contributed by atoms with van der Waals surface area (Å²) in [5.74, 6) is 0. The average Bonchev–Trinajstić information content (AvgIpc) is 1.88. The van der Waals surface area contributed by atoms with Crippen molar-refractivity contribution in [2.75, 3.05) is 0 Å². The van der Waals surface area contributed by atoms with Gasteiger partial charge in [0.2, 0.25) is 7.41 Å². The number of rotatable bonds is 1. The van der Waals surface area contributed by atoms with Crippen LogP contribution in [0.25, 0.3) is 0 Å². The van der Waals surface area contributed by atoms with E-state index in [1.165, 1.54) is 0 Å². The molecule has 6 heteroatoms. The Morgan fingerprint density at radius 1 is 1.70 bits per heavy atom. The van der Waals surface area contributed by atoms with E-state index in [0.29, 0.717) is 0 Å². The molecule has 10 heavy (non-hydrogen) atoms. The molecule has 1 heterocycles. The Hall–Kier alpha value is -0.485. The standard InChI is InChI=1S/C4H8BN2O2S/c6-10(8,9)4-2-1-3-5-7-4/h2,7H,1,3H2,(H2,6,8,9). The van der Waals surface area contributed by atoms with E-state index < -0.39 is 10.0 Å². The molecule has 0 bridgehead atoms. The predicted octanol–water partition coefficient (Wildman–Crippen LogP) is -0.853. The van der Waals surface area contributed by atoms with Crippen LogP contribution < -0.4 is 10.4 Å². The average molecular weight is 159 g/mol. The summed E-state index contributed by atoms with van der Waals surface area (Å²) in [4.78, 5) is 0. The van der Waals surface area contributed by atoms with Gasteiger partial charge in [0.15, 0.2) is 0 Å². The highest BCUT2D eigenvalue weighted by molar-refractivity contribution is 7.93. The lowest BCUT2D eigenvalue weighted by Gasteiger charge is -2.11. The fourth-order valence-electron chi connectivity index (χ4n) is 0.728. The summed E-state index contributed by atoms with van der Waals surface area (Å²) in [5, 5.41) is 7.52. The van der Waals surface area contributed by atoms with E-state index in [-0.39, 0.29) is 5.03 Å². The van der Waals surface area contributed by atoms with Gasteiger partial charge in [-0.25, -0.2) is 13.6 Å². The van der Waals surface area contributed by atoms with Crippen molar-refractivity contribution in [1.82, 2.24) is 5.23 Å². The third kappa shape index (κ3) is 1.75. The summed E-state index contributed by atoms with van der Waals surface area (Å²) < 4.78 is 21.2. The summed E-state index contributed by atoms with van der Waals surface area (Å²) in [5.41, 5.74) is 0. The Kier molecular flexibility index (Phi) is 2.01. The minimum absolute atomic E-state index is 0.110. The second-order valence-corrected chi connectivity index (χ2v) is 3.57. The van der Waals surface area contributed by atoms with E-state index >= 15 is 0 Å². The van der Waals surface area contributed by atoms with Crippen molar-refractivity contribution < 1.29 is 8.42 Å². The Bertz CT molecular complexity index is 246. The van der Waals surface area contributed by atoms with Crippen LogP contribution in [-0.4, -0.2) is 15.8 Å². The Labute approximate surface area is 60.8 Å². The van der Waals surface area contributed by atoms with Crippen LogP contribution in [-0.2, 0) is 10.0 Å². The van der Waals surface area contributed by atoms with Crippen molar-refractivity contribution in [3.05, 3.63) is 11.1 Å². The summed E-state index contributed by atoms with van der Waals surface area (Å²) in [6, 6.07) is 0. The first-order chi connectivity index (χ1) is 4.61. The molecule has 0 amide bonds. The molecule has 1 radical (unpaired) electrons. The summed E-state index contributed by atoms with van der Waals surface area (Å²) in [7, 11) is -1.83. The van der Waals surface area contributed by atoms with Crippen LogP contribution in [0.5, 0.6) is 0 Å². The molecular formula is C4H8BN2O2S. The molecule has 0 aliphatic carbocycles. The molecular weight excluding hydrogens is 151 g/mol. The normalized spacial score (nSPS) is 18.7. The molecule has 55 valence electrons. The highest BCUT2D eigenvalue weighted by Crippen LogP contribution is 2.05. The van der Waals surface area contributed by atoms with Gasteiger partial charge < -0.3 is 5.23 Å². The zero-order valence-corrected chi connectivity index (χ0v) is 6.19. The molecule has 0 saturated heterocycles. The fourth-order valence-corrected chi connectivity index (χ4v) is 1.33. The summed E-state index contributed by atoms with van der Waals surface area (Å²) >= 11 is 0. The molecule has 1 aliphatic heterocycles. The first-order valence-electron chi connectivity index (χ1n) is 2.92. The number of allylic oxidation sites excluding steroid dienone is 1. The van der Waals surface area contributed by atoms with Gasteiger partial charge in [0, 0.05) is 0 Å². The molecule has 1 aliphatic rings. The molecule has 0 unspecified atom stereocenters. The van der Waals surface area contributed by atoms with Crippen LogP contribution in [0, 0.1) is 0 Å². The lowest BCUT2D eigenvalue weighted by Crippen LogP contribution is -2.30. The predicted molar refractivity (Wildman–Crippen MR) is 39.5 cm³/mol. The Morgan fingerprint density at radius 2 is 2.40 bits per heavy atom. The zero-order valence-electron chi connectivity index (χ0n) is 5.37. The second kappa shape index (κ2) is 2.63. The summed E-state index contributed by atoms with van der Waals surface area (Å²) in [6.07, 6.45) is 3.16. The van der Waals surface area contributed by atoms with Gasteiger partial charge in [0.25, 0.3) is 10.0 Å². The van der Waals surface area contributed by atoms with Gasteiger partial charge >= 0.3 is 0 Å². The van der Waals surface area contributed by atoms with E-state index in [0.717, 1.165) is 12.7 Å². The molecule has 0 aromatic carbocycles. The van der Waals surface area contributed by atoms with Crippen LogP contribution >= 0.6 is 0 Å². The van der Waals surface area contributed by atoms with Gasteiger partial charge in [-0.05, 0) is 12.5 Å². The van der Waals surface area contributed by atoms with E-state index in [1.54, 1.807) is 13.5 Å². The third-order valence-electron chi connectivity index (χ3n) is 1.19. The minimum Gasteiger partial charge on any atom is -0.422 e. The first-order valence-corrected chi connectivity index (χ1v) is 4.46. The third-order valence-corrected chi connectivity index (χ3v) is 2.09. The smallest absolute Gasteiger partial charge is 0.251 e. The molecule has 0 aromatic heterocycles. The molecule has 4 nitrogen and oxygen atoms in total. The maximum absolute atomic E-state index is 10.6. The molecule has 3 N–H and O–H groups in total. The molecule has 0 saturated carbocycles. The van der Waals surface area contributed by atoms with E-state index in [2.05, 4.69) is 5.23 Å². The second-order valence-electron chi connectivity index (χ2n) is 2.04. The maximum Gasteiger partial charge on any atom is 0.251 e. The highest BCUT2D eigenvalue weighted by Gasteiger charge is 2.13. The highest BCUT2D eigenvalue weighted by atomic mass is 32.2. The molecule has 0 aromatic rings. The van der Waals surface area contributed by atoms with Gasteiger partial charge in [0.1, 0.15) is 5.03 Å². The van der Waals surface area contributed by atoms with Gasteiger partial charge in [-0.3, -0.25) is 0 Å². The van der Waals surface area contributed by atoms with Gasteiger partial charge in [-0.1, -0.05) is 6.32 Å². The van der Waals surface area contributed by atoms with E-state index in [4.69, 9.17) is 5.14 Å². The molecule has 1 rings (SSSR count). The zero-order chi connectivity index (χ0) is 7.61. The number of hydrogen-bond donors (Lipinski definition) is 2. The first kappa shape index (κ1) is 7.62. The van der Waals surface area contributed by atoms with Gasteiger partial charge in [-0.15, -0.1) is 0 Å². The van der Waals surface area contributed by atoms with E-state index in [9.17, 15) is 8.42 Å². The van der Waals surface area contributed by atoms with Crippen molar-refractivity contribution in [3.63, 3.8) is 0 Å². The van der Waals surface area contributed by atoms with Crippen LogP contribution in [0.1, 0.15) is 6.42 Å². The number of sulfonamides is 1. The van der Waals surface area contributed by atoms with Crippen LogP contribution in [0.15, 0.2) is 11.1 Å². The lowest BCUT2D eigenvalue weighted by molar-refractivity contribution is 0.601. The number of nitrogens with one attached hydrogen (secondary N) is 1. The minimum atomic E-state index is -3.51. The quantitative estimate of drug-likeness (QED) is 0.489. The number of primary sulfonamides is 1. The van der Waals surface area contributed by atoms with Crippen LogP contribution in [0.4, 0.5) is 0 Å². The van der Waals surface area contributed by atoms with Crippen LogP contribution in [0.3, 0.4) is 0 Å². The maximum atomic E-state index is 10.6.